The molecule has 0 radical (unpaired) electrons. The molecule has 16 heavy (non-hydrogen) atoms. The normalized spacial score (nSPS) is 24.2. The Labute approximate surface area is 105 Å². The highest BCUT2D eigenvalue weighted by Gasteiger charge is 2.36. The predicted molar refractivity (Wildman–Crippen MR) is 79.9 cm³/mol. The first-order chi connectivity index (χ1) is 7.58. The van der Waals surface area contributed by atoms with Gasteiger partial charge in [0.25, 0.3) is 0 Å². The molecule has 0 amide bonds. The van der Waals surface area contributed by atoms with Crippen molar-refractivity contribution in [2.75, 3.05) is 17.8 Å². The Morgan fingerprint density at radius 1 is 0.812 bits per heavy atom. The monoisotopic (exact) mass is 244 g/mol. The average Bonchev–Trinajstić information content (AvgIpc) is 2.41. The molecule has 0 N–H and O–H groups in total. The van der Waals surface area contributed by atoms with Crippen molar-refractivity contribution in [2.45, 2.75) is 76.9 Å². The molecule has 0 aromatic carbocycles. The van der Waals surface area contributed by atoms with Crippen molar-refractivity contribution in [1.82, 2.24) is 0 Å². The minimum Gasteiger partial charge on any atom is -0.239 e. The summed E-state index contributed by atoms with van der Waals surface area (Å²) >= 11 is 0. The fourth-order valence-corrected chi connectivity index (χ4v) is 6.30. The summed E-state index contributed by atoms with van der Waals surface area (Å²) in [6.45, 7) is 7.47. The van der Waals surface area contributed by atoms with E-state index in [2.05, 4.69) is 27.0 Å². The van der Waals surface area contributed by atoms with Gasteiger partial charge in [-0.3, -0.25) is 0 Å². The van der Waals surface area contributed by atoms with Crippen molar-refractivity contribution in [3.63, 3.8) is 0 Å². The zero-order valence-corrected chi connectivity index (χ0v) is 12.8. The quantitative estimate of drug-likeness (QED) is 0.627. The molecule has 1 saturated carbocycles. The van der Waals surface area contributed by atoms with Gasteiger partial charge in [0.15, 0.2) is 0 Å². The van der Waals surface area contributed by atoms with Crippen LogP contribution in [-0.4, -0.2) is 22.5 Å². The van der Waals surface area contributed by atoms with Gasteiger partial charge in [-0.25, -0.2) is 10.0 Å². The summed E-state index contributed by atoms with van der Waals surface area (Å²) in [4.78, 5) is 0. The van der Waals surface area contributed by atoms with Crippen molar-refractivity contribution in [3.8, 4) is 0 Å². The van der Waals surface area contributed by atoms with Crippen LogP contribution in [0.5, 0.6) is 0 Å². The predicted octanol–water partition coefficient (Wildman–Crippen LogP) is 5.35. The van der Waals surface area contributed by atoms with Gasteiger partial charge < -0.3 is 0 Å². The Bertz CT molecular complexity index is 184. The van der Waals surface area contributed by atoms with Gasteiger partial charge in [0.1, 0.15) is 0 Å². The van der Waals surface area contributed by atoms with Crippen molar-refractivity contribution < 1.29 is 0 Å². The summed E-state index contributed by atoms with van der Waals surface area (Å²) < 4.78 is 0.681. The SMILES string of the molecule is CCS(C)(CC)C1(C)CCCCCCCC1. The Balaban J connectivity index is 2.75. The Morgan fingerprint density at radius 3 is 1.56 bits per heavy atom. The summed E-state index contributed by atoms with van der Waals surface area (Å²) in [6, 6.07) is 0. The van der Waals surface area contributed by atoms with E-state index < -0.39 is 0 Å². The van der Waals surface area contributed by atoms with Crippen LogP contribution in [0.2, 0.25) is 0 Å². The third-order valence-electron chi connectivity index (χ3n) is 5.13. The molecule has 1 heteroatoms. The van der Waals surface area contributed by atoms with Crippen LogP contribution in [-0.2, 0) is 0 Å². The van der Waals surface area contributed by atoms with Gasteiger partial charge in [-0.1, -0.05) is 59.3 Å². The van der Waals surface area contributed by atoms with Gasteiger partial charge in [0, 0.05) is 0 Å². The second kappa shape index (κ2) is 6.33. The van der Waals surface area contributed by atoms with E-state index in [0.717, 1.165) is 0 Å². The molecule has 0 saturated heterocycles. The van der Waals surface area contributed by atoms with Gasteiger partial charge in [0.05, 0.1) is 0 Å². The zero-order valence-electron chi connectivity index (χ0n) is 12.0. The maximum Gasteiger partial charge on any atom is -0.00283 e. The zero-order chi connectivity index (χ0) is 12.1. The van der Waals surface area contributed by atoms with E-state index in [4.69, 9.17) is 0 Å². The first-order valence-electron chi connectivity index (χ1n) is 7.31. The number of rotatable bonds is 3. The highest BCUT2D eigenvalue weighted by Crippen LogP contribution is 2.60. The lowest BCUT2D eigenvalue weighted by atomic mass is 9.98. The molecule has 0 atom stereocenters. The second-order valence-corrected chi connectivity index (χ2v) is 10.6. The van der Waals surface area contributed by atoms with Crippen LogP contribution in [0, 0.1) is 0 Å². The molecule has 1 aliphatic rings. The summed E-state index contributed by atoms with van der Waals surface area (Å²) in [6.07, 6.45) is 14.5. The maximum atomic E-state index is 2.62. The molecule has 1 fully saturated rings. The molecule has 0 nitrogen and oxygen atoms in total. The number of hydrogen-bond donors (Lipinski definition) is 0. The van der Waals surface area contributed by atoms with Gasteiger partial charge in [-0.05, 0) is 35.4 Å². The highest BCUT2D eigenvalue weighted by atomic mass is 32.3. The van der Waals surface area contributed by atoms with Crippen LogP contribution in [0.3, 0.4) is 0 Å². The van der Waals surface area contributed by atoms with E-state index in [1.807, 2.05) is 0 Å². The van der Waals surface area contributed by atoms with Gasteiger partial charge in [0.2, 0.25) is 0 Å². The lowest BCUT2D eigenvalue weighted by Gasteiger charge is -2.51. The second-order valence-electron chi connectivity index (χ2n) is 5.92. The summed E-state index contributed by atoms with van der Waals surface area (Å²) in [5, 5.41) is 0. The van der Waals surface area contributed by atoms with Crippen LogP contribution in [0.4, 0.5) is 0 Å². The lowest BCUT2D eigenvalue weighted by molar-refractivity contribution is 0.501. The van der Waals surface area contributed by atoms with E-state index in [1.54, 1.807) is 0 Å². The van der Waals surface area contributed by atoms with E-state index in [1.165, 1.54) is 62.9 Å². The van der Waals surface area contributed by atoms with Crippen molar-refractivity contribution in [2.24, 2.45) is 0 Å². The first kappa shape index (κ1) is 14.4. The third kappa shape index (κ3) is 3.18. The molecule has 0 spiro atoms. The molecule has 0 aliphatic heterocycles. The number of hydrogen-bond acceptors (Lipinski definition) is 0. The molecule has 0 heterocycles. The molecule has 1 aliphatic carbocycles. The first-order valence-corrected chi connectivity index (χ1v) is 9.69. The molecular formula is C15H32S. The van der Waals surface area contributed by atoms with Crippen molar-refractivity contribution in [1.29, 1.82) is 0 Å². The van der Waals surface area contributed by atoms with Crippen molar-refractivity contribution >= 4 is 10.0 Å². The standard InChI is InChI=1S/C15H32S/c1-5-16(4,6-2)15(3)13-11-9-7-8-10-12-14-15/h5-14H2,1-4H3. The third-order valence-corrected chi connectivity index (χ3v) is 10.5. The smallest absolute Gasteiger partial charge is 0.00283 e. The maximum absolute atomic E-state index is 2.62. The average molecular weight is 244 g/mol. The van der Waals surface area contributed by atoms with Crippen molar-refractivity contribution in [3.05, 3.63) is 0 Å². The summed E-state index contributed by atoms with van der Waals surface area (Å²) in [5.74, 6) is 2.86. The highest BCUT2D eigenvalue weighted by molar-refractivity contribution is 8.34. The van der Waals surface area contributed by atoms with Crippen LogP contribution in [0.1, 0.15) is 72.1 Å². The van der Waals surface area contributed by atoms with Gasteiger partial charge >= 0.3 is 0 Å². The minimum absolute atomic E-state index is 0.372. The van der Waals surface area contributed by atoms with Crippen LogP contribution in [0.15, 0.2) is 0 Å². The molecular weight excluding hydrogens is 212 g/mol. The van der Waals surface area contributed by atoms with Crippen LogP contribution in [0.25, 0.3) is 0 Å². The fourth-order valence-electron chi connectivity index (χ4n) is 3.22. The lowest BCUT2D eigenvalue weighted by Crippen LogP contribution is -2.34. The Hall–Kier alpha value is 0.350. The minimum atomic E-state index is -0.372. The topological polar surface area (TPSA) is 0 Å². The van der Waals surface area contributed by atoms with Gasteiger partial charge in [-0.15, -0.1) is 0 Å². The molecule has 0 aromatic rings. The summed E-state index contributed by atoms with van der Waals surface area (Å²) in [5.41, 5.74) is 0. The fraction of sp³-hybridized carbons (Fsp3) is 1.00. The largest absolute Gasteiger partial charge is 0.239 e. The molecule has 0 aromatic heterocycles. The summed E-state index contributed by atoms with van der Waals surface area (Å²) in [7, 11) is -0.372. The molecule has 0 unspecified atom stereocenters. The molecule has 98 valence electrons. The van der Waals surface area contributed by atoms with E-state index in [9.17, 15) is 0 Å². The Morgan fingerprint density at radius 2 is 1.19 bits per heavy atom. The molecule has 0 bridgehead atoms. The van der Waals surface area contributed by atoms with E-state index in [-0.39, 0.29) is 10.0 Å². The molecule has 1 rings (SSSR count). The van der Waals surface area contributed by atoms with Crippen LogP contribution < -0.4 is 0 Å². The van der Waals surface area contributed by atoms with Gasteiger partial charge in [-0.2, -0.15) is 0 Å². The Kier molecular flexibility index (Phi) is 5.70. The van der Waals surface area contributed by atoms with E-state index >= 15 is 0 Å². The van der Waals surface area contributed by atoms with Crippen LogP contribution >= 0.6 is 10.0 Å². The van der Waals surface area contributed by atoms with E-state index in [0.29, 0.717) is 4.75 Å².